The average molecular weight is 152 g/mol. The van der Waals surface area contributed by atoms with E-state index >= 15 is 0 Å². The molecule has 1 aromatic heterocycles. The fourth-order valence-electron chi connectivity index (χ4n) is 0.897. The Hall–Kier alpha value is -1.02. The molecule has 1 aromatic rings. The zero-order valence-electron chi connectivity index (χ0n) is 5.08. The zero-order chi connectivity index (χ0) is 6.97. The lowest BCUT2D eigenvalue weighted by Gasteiger charge is -1.96. The van der Waals surface area contributed by atoms with Crippen LogP contribution in [0.5, 0.6) is 0 Å². The first-order valence-electron chi connectivity index (χ1n) is 2.90. The van der Waals surface area contributed by atoms with Gasteiger partial charge in [0, 0.05) is 18.0 Å². The molecule has 0 unspecified atom stereocenters. The molecule has 0 bridgehead atoms. The van der Waals surface area contributed by atoms with E-state index in [4.69, 9.17) is 11.6 Å². The summed E-state index contributed by atoms with van der Waals surface area (Å²) < 4.78 is 0. The van der Waals surface area contributed by atoms with Gasteiger partial charge in [-0.25, -0.2) is 4.98 Å². The molecule has 0 saturated carbocycles. The lowest BCUT2D eigenvalue weighted by atomic mass is 10.2. The van der Waals surface area contributed by atoms with Crippen molar-refractivity contribution in [2.45, 2.75) is 0 Å². The number of hydrogen-bond donors (Lipinski definition) is 0. The van der Waals surface area contributed by atoms with E-state index in [1.165, 1.54) is 0 Å². The lowest BCUT2D eigenvalue weighted by molar-refractivity contribution is 1.17. The first kappa shape index (κ1) is 5.74. The third kappa shape index (κ3) is 0.693. The standard InChI is InChI=1S/C7H4ClN2/c8-7-6-5(1-3-9-6)2-4-10-7/h1-4H. The highest BCUT2D eigenvalue weighted by Crippen LogP contribution is 2.28. The van der Waals surface area contributed by atoms with E-state index in [0.717, 1.165) is 11.3 Å². The van der Waals surface area contributed by atoms with Crippen LogP contribution in [0.2, 0.25) is 5.15 Å². The highest BCUT2D eigenvalue weighted by atomic mass is 35.5. The Morgan fingerprint density at radius 3 is 3.10 bits per heavy atom. The third-order valence-electron chi connectivity index (χ3n) is 1.37. The molecule has 1 radical (unpaired) electrons. The van der Waals surface area contributed by atoms with Crippen molar-refractivity contribution in [3.63, 3.8) is 0 Å². The molecule has 3 heteroatoms. The van der Waals surface area contributed by atoms with Gasteiger partial charge in [0.25, 0.3) is 0 Å². The van der Waals surface area contributed by atoms with Gasteiger partial charge in [-0.15, -0.1) is 0 Å². The van der Waals surface area contributed by atoms with Crippen LogP contribution >= 0.6 is 11.6 Å². The number of hydrogen-bond acceptors (Lipinski definition) is 1. The average Bonchev–Trinajstić information content (AvgIpc) is 2.36. The summed E-state index contributed by atoms with van der Waals surface area (Å²) in [7, 11) is 0. The van der Waals surface area contributed by atoms with Crippen LogP contribution < -0.4 is 5.32 Å². The van der Waals surface area contributed by atoms with E-state index in [1.54, 1.807) is 12.4 Å². The topological polar surface area (TPSA) is 27.0 Å². The molecule has 1 aliphatic heterocycles. The van der Waals surface area contributed by atoms with Crippen molar-refractivity contribution in [3.05, 3.63) is 29.2 Å². The smallest absolute Gasteiger partial charge is 0.155 e. The minimum absolute atomic E-state index is 0.475. The Bertz CT molecular complexity index is 294. The molecule has 2 rings (SSSR count). The molecule has 2 heterocycles. The van der Waals surface area contributed by atoms with Gasteiger partial charge in [0.15, 0.2) is 5.15 Å². The first-order chi connectivity index (χ1) is 4.88. The molecule has 0 aromatic carbocycles. The van der Waals surface area contributed by atoms with Gasteiger partial charge >= 0.3 is 0 Å². The molecule has 0 atom stereocenters. The zero-order valence-corrected chi connectivity index (χ0v) is 5.84. The van der Waals surface area contributed by atoms with E-state index in [0.29, 0.717) is 5.15 Å². The summed E-state index contributed by atoms with van der Waals surface area (Å²) in [5.41, 5.74) is 1.82. The Morgan fingerprint density at radius 1 is 1.40 bits per heavy atom. The van der Waals surface area contributed by atoms with E-state index in [9.17, 15) is 0 Å². The van der Waals surface area contributed by atoms with Crippen LogP contribution in [-0.4, -0.2) is 4.98 Å². The summed E-state index contributed by atoms with van der Waals surface area (Å²) in [6, 6.07) is 1.88. The van der Waals surface area contributed by atoms with Gasteiger partial charge in [-0.2, -0.15) is 0 Å². The summed E-state index contributed by atoms with van der Waals surface area (Å²) in [5.74, 6) is 0. The summed E-state index contributed by atoms with van der Waals surface area (Å²) in [4.78, 5) is 3.88. The summed E-state index contributed by atoms with van der Waals surface area (Å²) in [5, 5.41) is 4.50. The first-order valence-corrected chi connectivity index (χ1v) is 3.27. The Balaban J connectivity index is 2.66. The molecular formula is C7H4ClN2. The highest BCUT2D eigenvalue weighted by Gasteiger charge is 2.09. The van der Waals surface area contributed by atoms with Crippen molar-refractivity contribution < 1.29 is 0 Å². The van der Waals surface area contributed by atoms with Crippen molar-refractivity contribution in [3.8, 4) is 0 Å². The predicted octanol–water partition coefficient (Wildman–Crippen LogP) is 1.96. The number of aromatic nitrogens is 1. The minimum Gasteiger partial charge on any atom is -0.253 e. The number of pyridine rings is 1. The maximum atomic E-state index is 5.72. The molecule has 0 saturated heterocycles. The maximum absolute atomic E-state index is 5.72. The normalized spacial score (nSPS) is 12.9. The summed E-state index contributed by atoms with van der Waals surface area (Å²) in [6.45, 7) is 0. The van der Waals surface area contributed by atoms with Gasteiger partial charge in [-0.1, -0.05) is 11.6 Å². The molecule has 1 aliphatic rings. The molecule has 0 amide bonds. The monoisotopic (exact) mass is 151 g/mol. The quantitative estimate of drug-likeness (QED) is 0.521. The van der Waals surface area contributed by atoms with Gasteiger partial charge < -0.3 is 0 Å². The van der Waals surface area contributed by atoms with Crippen LogP contribution in [0, 0.1) is 0 Å². The number of rotatable bonds is 0. The summed E-state index contributed by atoms with van der Waals surface area (Å²) in [6.07, 6.45) is 5.30. The van der Waals surface area contributed by atoms with Crippen LogP contribution in [0.1, 0.15) is 5.56 Å². The van der Waals surface area contributed by atoms with Gasteiger partial charge in [-0.3, -0.25) is 5.32 Å². The van der Waals surface area contributed by atoms with Crippen LogP contribution in [0.25, 0.3) is 6.08 Å². The van der Waals surface area contributed by atoms with Crippen molar-refractivity contribution in [1.82, 2.24) is 10.3 Å². The molecule has 0 spiro atoms. The second kappa shape index (κ2) is 1.99. The Kier molecular flexibility index (Phi) is 1.14. The predicted molar refractivity (Wildman–Crippen MR) is 40.1 cm³/mol. The maximum Gasteiger partial charge on any atom is 0.155 e. The number of nitrogens with zero attached hydrogens (tertiary/aromatic N) is 2. The number of halogens is 1. The van der Waals surface area contributed by atoms with Crippen LogP contribution in [0.15, 0.2) is 18.5 Å². The van der Waals surface area contributed by atoms with Crippen LogP contribution in [-0.2, 0) is 0 Å². The van der Waals surface area contributed by atoms with Gasteiger partial charge in [0.05, 0.1) is 0 Å². The van der Waals surface area contributed by atoms with Crippen molar-refractivity contribution >= 4 is 23.4 Å². The van der Waals surface area contributed by atoms with Crippen molar-refractivity contribution in [2.24, 2.45) is 0 Å². The van der Waals surface area contributed by atoms with E-state index in [2.05, 4.69) is 10.3 Å². The molecular weight excluding hydrogens is 148 g/mol. The van der Waals surface area contributed by atoms with Gasteiger partial charge in [0.2, 0.25) is 0 Å². The summed E-state index contributed by atoms with van der Waals surface area (Å²) >= 11 is 5.72. The second-order valence-electron chi connectivity index (χ2n) is 1.98. The van der Waals surface area contributed by atoms with E-state index < -0.39 is 0 Å². The largest absolute Gasteiger partial charge is 0.253 e. The Morgan fingerprint density at radius 2 is 2.30 bits per heavy atom. The molecule has 49 valence electrons. The minimum atomic E-state index is 0.475. The van der Waals surface area contributed by atoms with E-state index in [-0.39, 0.29) is 0 Å². The molecule has 2 nitrogen and oxygen atoms in total. The van der Waals surface area contributed by atoms with Crippen molar-refractivity contribution in [2.75, 3.05) is 0 Å². The molecule has 0 N–H and O–H groups in total. The number of fused-ring (bicyclic) bond motifs is 1. The van der Waals surface area contributed by atoms with E-state index in [1.807, 2.05) is 12.1 Å². The van der Waals surface area contributed by atoms with Gasteiger partial charge in [-0.05, 0) is 12.1 Å². The Labute approximate surface area is 63.5 Å². The molecule has 10 heavy (non-hydrogen) atoms. The SMILES string of the molecule is Clc1nccc2c1[N]C=C2. The fraction of sp³-hybridized carbons (Fsp3) is 0. The second-order valence-corrected chi connectivity index (χ2v) is 2.34. The molecule has 0 fully saturated rings. The van der Waals surface area contributed by atoms with Crippen LogP contribution in [0.4, 0.5) is 5.69 Å². The highest BCUT2D eigenvalue weighted by molar-refractivity contribution is 6.32. The molecule has 0 aliphatic carbocycles. The van der Waals surface area contributed by atoms with Crippen LogP contribution in [0.3, 0.4) is 0 Å². The van der Waals surface area contributed by atoms with Gasteiger partial charge in [0.1, 0.15) is 5.69 Å². The third-order valence-corrected chi connectivity index (χ3v) is 1.65. The van der Waals surface area contributed by atoms with Crippen molar-refractivity contribution in [1.29, 1.82) is 0 Å². The fourth-order valence-corrected chi connectivity index (χ4v) is 1.11. The lowest BCUT2D eigenvalue weighted by Crippen LogP contribution is -1.85.